The molecule has 2 aromatic carbocycles. The number of amides is 3. The third kappa shape index (κ3) is 6.70. The number of unbranched alkanes of at least 4 members (excludes halogenated alkanes) is 1. The number of hydrogen-bond donors (Lipinski definition) is 2. The lowest BCUT2D eigenvalue weighted by Crippen LogP contribution is -2.56. The van der Waals surface area contributed by atoms with Gasteiger partial charge in [0.2, 0.25) is 5.91 Å². The maximum absolute atomic E-state index is 13.2. The molecule has 3 amide bonds. The number of nitrogens with zero attached hydrogens (tertiary/aromatic N) is 2. The first-order valence-corrected chi connectivity index (χ1v) is 11.9. The molecule has 0 radical (unpaired) electrons. The maximum atomic E-state index is 13.2. The van der Waals surface area contributed by atoms with Gasteiger partial charge in [-0.25, -0.2) is 4.79 Å². The van der Waals surface area contributed by atoms with E-state index in [9.17, 15) is 14.4 Å². The molecule has 0 saturated carbocycles. The summed E-state index contributed by atoms with van der Waals surface area (Å²) >= 11 is 0. The summed E-state index contributed by atoms with van der Waals surface area (Å²) in [6, 6.07) is 12.9. The Labute approximate surface area is 201 Å². The summed E-state index contributed by atoms with van der Waals surface area (Å²) in [6.45, 7) is 7.59. The third-order valence-corrected chi connectivity index (χ3v) is 5.83. The Morgan fingerprint density at radius 1 is 0.971 bits per heavy atom. The van der Waals surface area contributed by atoms with Crippen molar-refractivity contribution in [1.29, 1.82) is 0 Å². The number of carbonyl (C=O) groups is 3. The SMILES string of the molecule is CC(C)(C)OC(=O)N[C@@H](CCCCN)C(=O)N1CCN(C(=O)c2cccc3ccccc23)CC1. The van der Waals surface area contributed by atoms with Crippen LogP contribution in [0.25, 0.3) is 10.8 Å². The van der Waals surface area contributed by atoms with Crippen LogP contribution in [0.5, 0.6) is 0 Å². The van der Waals surface area contributed by atoms with Crippen LogP contribution in [0, 0.1) is 0 Å². The van der Waals surface area contributed by atoms with Crippen molar-refractivity contribution < 1.29 is 19.1 Å². The number of carbonyl (C=O) groups excluding carboxylic acids is 3. The molecule has 1 aliphatic rings. The number of fused-ring (bicyclic) bond motifs is 1. The zero-order valence-electron chi connectivity index (χ0n) is 20.4. The molecule has 1 heterocycles. The highest BCUT2D eigenvalue weighted by Crippen LogP contribution is 2.21. The van der Waals surface area contributed by atoms with E-state index in [4.69, 9.17) is 10.5 Å². The van der Waals surface area contributed by atoms with Crippen LogP contribution in [0.1, 0.15) is 50.4 Å². The molecule has 1 aliphatic heterocycles. The first-order valence-electron chi connectivity index (χ1n) is 11.9. The molecule has 1 atom stereocenters. The molecule has 0 bridgehead atoms. The molecule has 184 valence electrons. The average molecular weight is 469 g/mol. The molecule has 3 rings (SSSR count). The van der Waals surface area contributed by atoms with Crippen LogP contribution in [0.4, 0.5) is 4.79 Å². The summed E-state index contributed by atoms with van der Waals surface area (Å²) in [6.07, 6.45) is 1.38. The molecule has 34 heavy (non-hydrogen) atoms. The Morgan fingerprint density at radius 2 is 1.62 bits per heavy atom. The summed E-state index contributed by atoms with van der Waals surface area (Å²) in [5, 5.41) is 4.69. The van der Waals surface area contributed by atoms with Crippen molar-refractivity contribution in [3.05, 3.63) is 48.0 Å². The van der Waals surface area contributed by atoms with Gasteiger partial charge in [-0.15, -0.1) is 0 Å². The molecule has 2 aromatic rings. The molecule has 8 heteroatoms. The number of alkyl carbamates (subject to hydrolysis) is 1. The summed E-state index contributed by atoms with van der Waals surface area (Å²) in [4.78, 5) is 42.3. The minimum atomic E-state index is -0.679. The van der Waals surface area contributed by atoms with E-state index < -0.39 is 17.7 Å². The summed E-state index contributed by atoms with van der Waals surface area (Å²) in [5.74, 6) is -0.185. The number of ether oxygens (including phenoxy) is 1. The van der Waals surface area contributed by atoms with Gasteiger partial charge in [-0.3, -0.25) is 9.59 Å². The highest BCUT2D eigenvalue weighted by molar-refractivity contribution is 6.07. The molecule has 0 unspecified atom stereocenters. The van der Waals surface area contributed by atoms with Crippen LogP contribution < -0.4 is 11.1 Å². The van der Waals surface area contributed by atoms with Gasteiger partial charge in [-0.05, 0) is 63.4 Å². The van der Waals surface area contributed by atoms with Crippen molar-refractivity contribution >= 4 is 28.7 Å². The van der Waals surface area contributed by atoms with Gasteiger partial charge in [-0.2, -0.15) is 0 Å². The topological polar surface area (TPSA) is 105 Å². The zero-order chi connectivity index (χ0) is 24.7. The second-order valence-electron chi connectivity index (χ2n) is 9.63. The van der Waals surface area contributed by atoms with Crippen LogP contribution in [0.2, 0.25) is 0 Å². The van der Waals surface area contributed by atoms with E-state index in [2.05, 4.69) is 5.32 Å². The number of nitrogens with two attached hydrogens (primary N) is 1. The van der Waals surface area contributed by atoms with Crippen LogP contribution in [-0.2, 0) is 9.53 Å². The number of rotatable bonds is 7. The molecular weight excluding hydrogens is 432 g/mol. The Hall–Kier alpha value is -3.13. The largest absolute Gasteiger partial charge is 0.444 e. The minimum Gasteiger partial charge on any atom is -0.444 e. The van der Waals surface area contributed by atoms with Crippen LogP contribution in [-0.4, -0.2) is 72.1 Å². The smallest absolute Gasteiger partial charge is 0.408 e. The second kappa shape index (κ2) is 11.3. The van der Waals surface area contributed by atoms with Gasteiger partial charge in [0.15, 0.2) is 0 Å². The summed E-state index contributed by atoms with van der Waals surface area (Å²) in [5.41, 5.74) is 5.62. The van der Waals surface area contributed by atoms with Gasteiger partial charge in [0, 0.05) is 31.7 Å². The van der Waals surface area contributed by atoms with Gasteiger partial charge in [0.05, 0.1) is 0 Å². The van der Waals surface area contributed by atoms with Gasteiger partial charge < -0.3 is 25.6 Å². The highest BCUT2D eigenvalue weighted by Gasteiger charge is 2.31. The maximum Gasteiger partial charge on any atom is 0.408 e. The Bertz CT molecular complexity index is 1000. The van der Waals surface area contributed by atoms with Crippen molar-refractivity contribution in [3.8, 4) is 0 Å². The monoisotopic (exact) mass is 468 g/mol. The highest BCUT2D eigenvalue weighted by atomic mass is 16.6. The second-order valence-corrected chi connectivity index (χ2v) is 9.63. The fraction of sp³-hybridized carbons (Fsp3) is 0.500. The molecule has 1 fully saturated rings. The Kier molecular flexibility index (Phi) is 8.50. The van der Waals surface area contributed by atoms with Gasteiger partial charge >= 0.3 is 6.09 Å². The third-order valence-electron chi connectivity index (χ3n) is 5.83. The molecule has 0 spiro atoms. The van der Waals surface area contributed by atoms with Crippen molar-refractivity contribution in [2.24, 2.45) is 5.73 Å². The summed E-state index contributed by atoms with van der Waals surface area (Å²) < 4.78 is 5.35. The fourth-order valence-corrected chi connectivity index (χ4v) is 4.13. The van der Waals surface area contributed by atoms with E-state index in [1.807, 2.05) is 42.5 Å². The quantitative estimate of drug-likeness (QED) is 0.608. The van der Waals surface area contributed by atoms with Crippen molar-refractivity contribution in [2.75, 3.05) is 32.7 Å². The van der Waals surface area contributed by atoms with Crippen molar-refractivity contribution in [2.45, 2.75) is 51.7 Å². The normalized spacial score (nSPS) is 15.2. The van der Waals surface area contributed by atoms with Gasteiger partial charge in [0.1, 0.15) is 11.6 Å². The zero-order valence-corrected chi connectivity index (χ0v) is 20.4. The fourth-order valence-electron chi connectivity index (χ4n) is 4.13. The van der Waals surface area contributed by atoms with E-state index in [-0.39, 0.29) is 11.8 Å². The number of nitrogens with one attached hydrogen (secondary N) is 1. The van der Waals surface area contributed by atoms with Crippen molar-refractivity contribution in [3.63, 3.8) is 0 Å². The van der Waals surface area contributed by atoms with Crippen molar-refractivity contribution in [1.82, 2.24) is 15.1 Å². The lowest BCUT2D eigenvalue weighted by atomic mass is 10.0. The van der Waals surface area contributed by atoms with E-state index in [1.54, 1.807) is 30.6 Å². The Balaban J connectivity index is 1.63. The lowest BCUT2D eigenvalue weighted by Gasteiger charge is -2.37. The average Bonchev–Trinajstić information content (AvgIpc) is 2.81. The first-order chi connectivity index (χ1) is 16.2. The number of piperazine rings is 1. The first kappa shape index (κ1) is 25.5. The lowest BCUT2D eigenvalue weighted by molar-refractivity contribution is -0.135. The van der Waals surface area contributed by atoms with E-state index in [0.717, 1.165) is 23.6 Å². The molecule has 0 aliphatic carbocycles. The molecule has 0 aromatic heterocycles. The van der Waals surface area contributed by atoms with Crippen LogP contribution >= 0.6 is 0 Å². The van der Waals surface area contributed by atoms with Crippen LogP contribution in [0.3, 0.4) is 0 Å². The summed E-state index contributed by atoms with van der Waals surface area (Å²) in [7, 11) is 0. The van der Waals surface area contributed by atoms with Crippen LogP contribution in [0.15, 0.2) is 42.5 Å². The van der Waals surface area contributed by atoms with E-state index >= 15 is 0 Å². The molecule has 1 saturated heterocycles. The predicted octanol–water partition coefficient (Wildman–Crippen LogP) is 3.15. The standard InChI is InChI=1S/C26H36N4O4/c1-26(2,3)34-25(33)28-22(13-6-7-14-27)24(32)30-17-15-29(16-18-30)23(31)21-12-8-10-19-9-4-5-11-20(19)21/h4-5,8-12,22H,6-7,13-18,27H2,1-3H3,(H,28,33)/t22-/m0/s1. The molecular formula is C26H36N4O4. The Morgan fingerprint density at radius 3 is 2.29 bits per heavy atom. The van der Waals surface area contributed by atoms with E-state index in [1.165, 1.54) is 0 Å². The molecule has 8 nitrogen and oxygen atoms in total. The van der Waals surface area contributed by atoms with E-state index in [0.29, 0.717) is 44.7 Å². The number of hydrogen-bond acceptors (Lipinski definition) is 5. The van der Waals surface area contributed by atoms with Gasteiger partial charge in [-0.1, -0.05) is 36.4 Å². The predicted molar refractivity (Wildman–Crippen MR) is 132 cm³/mol. The minimum absolute atomic E-state index is 0.0322. The van der Waals surface area contributed by atoms with Gasteiger partial charge in [0.25, 0.3) is 5.91 Å². The molecule has 3 N–H and O–H groups in total. The number of benzene rings is 2.